The van der Waals surface area contributed by atoms with Crippen LogP contribution in [0.15, 0.2) is 23.0 Å². The molecule has 0 radical (unpaired) electrons. The van der Waals surface area contributed by atoms with E-state index in [4.69, 9.17) is 0 Å². The molecule has 0 unspecified atom stereocenters. The van der Waals surface area contributed by atoms with Crippen molar-refractivity contribution in [1.29, 1.82) is 0 Å². The standard InChI is InChI=1S/C10H8F3N3O/c1-14-8-6-3-2-5(10(11,12)13)4-7(6)15-9(17)16-8/h2-4H,1H3,(H2,14,15,16,17). The van der Waals surface area contributed by atoms with E-state index in [0.29, 0.717) is 5.39 Å². The normalized spacial score (nSPS) is 11.8. The summed E-state index contributed by atoms with van der Waals surface area (Å²) in [6, 6.07) is 3.11. The SMILES string of the molecule is CNc1nc(=O)[nH]c2cc(C(F)(F)F)ccc12. The fourth-order valence-corrected chi connectivity index (χ4v) is 1.53. The number of hydrogen-bond acceptors (Lipinski definition) is 3. The Morgan fingerprint density at radius 3 is 2.65 bits per heavy atom. The molecule has 0 saturated heterocycles. The van der Waals surface area contributed by atoms with Gasteiger partial charge >= 0.3 is 11.9 Å². The lowest BCUT2D eigenvalue weighted by atomic mass is 10.1. The van der Waals surface area contributed by atoms with Gasteiger partial charge in [-0.15, -0.1) is 0 Å². The molecule has 0 aliphatic rings. The summed E-state index contributed by atoms with van der Waals surface area (Å²) in [6.07, 6.45) is -4.44. The number of nitrogens with zero attached hydrogens (tertiary/aromatic N) is 1. The van der Waals surface area contributed by atoms with Crippen LogP contribution < -0.4 is 11.0 Å². The Hall–Kier alpha value is -2.05. The molecule has 0 bridgehead atoms. The fourth-order valence-electron chi connectivity index (χ4n) is 1.53. The molecular formula is C10H8F3N3O. The van der Waals surface area contributed by atoms with Crippen LogP contribution in [-0.4, -0.2) is 17.0 Å². The minimum Gasteiger partial charge on any atom is -0.372 e. The first-order valence-electron chi connectivity index (χ1n) is 4.71. The van der Waals surface area contributed by atoms with E-state index in [2.05, 4.69) is 15.3 Å². The van der Waals surface area contributed by atoms with E-state index >= 15 is 0 Å². The second-order valence-corrected chi connectivity index (χ2v) is 3.40. The van der Waals surface area contributed by atoms with Crippen LogP contribution in [0.3, 0.4) is 0 Å². The molecule has 0 aliphatic carbocycles. The van der Waals surface area contributed by atoms with Gasteiger partial charge in [0, 0.05) is 12.4 Å². The van der Waals surface area contributed by atoms with Gasteiger partial charge in [-0.1, -0.05) is 0 Å². The second-order valence-electron chi connectivity index (χ2n) is 3.40. The van der Waals surface area contributed by atoms with E-state index in [0.717, 1.165) is 12.1 Å². The van der Waals surface area contributed by atoms with Crippen LogP contribution in [0.25, 0.3) is 10.9 Å². The van der Waals surface area contributed by atoms with Gasteiger partial charge in [0.05, 0.1) is 11.1 Å². The number of benzene rings is 1. The van der Waals surface area contributed by atoms with Crippen LogP contribution in [0.1, 0.15) is 5.56 Å². The number of aromatic nitrogens is 2. The smallest absolute Gasteiger partial charge is 0.372 e. The number of rotatable bonds is 1. The molecule has 0 amide bonds. The lowest BCUT2D eigenvalue weighted by Crippen LogP contribution is -2.13. The topological polar surface area (TPSA) is 57.8 Å². The Kier molecular flexibility index (Phi) is 2.53. The van der Waals surface area contributed by atoms with E-state index in [1.165, 1.54) is 6.07 Å². The van der Waals surface area contributed by atoms with Gasteiger partial charge in [0.2, 0.25) is 0 Å². The molecule has 2 rings (SSSR count). The number of hydrogen-bond donors (Lipinski definition) is 2. The maximum absolute atomic E-state index is 12.5. The highest BCUT2D eigenvalue weighted by molar-refractivity contribution is 5.89. The summed E-state index contributed by atoms with van der Waals surface area (Å²) in [5, 5.41) is 3.09. The van der Waals surface area contributed by atoms with Gasteiger partial charge in [0.15, 0.2) is 0 Å². The van der Waals surface area contributed by atoms with Crippen LogP contribution in [0.2, 0.25) is 0 Å². The van der Waals surface area contributed by atoms with Crippen molar-refractivity contribution < 1.29 is 13.2 Å². The molecule has 0 atom stereocenters. The minimum absolute atomic E-state index is 0.101. The first-order valence-corrected chi connectivity index (χ1v) is 4.71. The van der Waals surface area contributed by atoms with Gasteiger partial charge in [-0.2, -0.15) is 18.2 Å². The first kappa shape index (κ1) is 11.4. The molecule has 2 N–H and O–H groups in total. The predicted molar refractivity (Wildman–Crippen MR) is 56.9 cm³/mol. The molecule has 1 heterocycles. The molecule has 0 saturated carbocycles. The van der Waals surface area contributed by atoms with Crippen LogP contribution in [0.4, 0.5) is 19.0 Å². The minimum atomic E-state index is -4.44. The van der Waals surface area contributed by atoms with E-state index < -0.39 is 17.4 Å². The van der Waals surface area contributed by atoms with Crippen LogP contribution >= 0.6 is 0 Å². The molecule has 0 spiro atoms. The van der Waals surface area contributed by atoms with Crippen molar-refractivity contribution in [1.82, 2.24) is 9.97 Å². The summed E-state index contributed by atoms with van der Waals surface area (Å²) in [4.78, 5) is 17.0. The molecule has 1 aromatic heterocycles. The number of fused-ring (bicyclic) bond motifs is 1. The quantitative estimate of drug-likeness (QED) is 0.805. The van der Waals surface area contributed by atoms with Crippen molar-refractivity contribution in [3.05, 3.63) is 34.2 Å². The third-order valence-corrected chi connectivity index (χ3v) is 2.29. The van der Waals surface area contributed by atoms with Crippen molar-refractivity contribution in [2.24, 2.45) is 0 Å². The molecule has 90 valence electrons. The summed E-state index contributed by atoms with van der Waals surface area (Å²) in [5.74, 6) is 0.248. The summed E-state index contributed by atoms with van der Waals surface area (Å²) < 4.78 is 37.4. The van der Waals surface area contributed by atoms with Crippen molar-refractivity contribution in [2.45, 2.75) is 6.18 Å². The zero-order chi connectivity index (χ0) is 12.6. The van der Waals surface area contributed by atoms with Crippen LogP contribution in [0.5, 0.6) is 0 Å². The number of halogens is 3. The van der Waals surface area contributed by atoms with E-state index in [1.54, 1.807) is 7.05 Å². The molecule has 7 heteroatoms. The Bertz CT molecular complexity index is 618. The fraction of sp³-hybridized carbons (Fsp3) is 0.200. The van der Waals surface area contributed by atoms with Crippen molar-refractivity contribution >= 4 is 16.7 Å². The van der Waals surface area contributed by atoms with Crippen molar-refractivity contribution in [2.75, 3.05) is 12.4 Å². The third-order valence-electron chi connectivity index (χ3n) is 2.29. The molecule has 2 aromatic rings. The Morgan fingerprint density at radius 1 is 1.35 bits per heavy atom. The van der Waals surface area contributed by atoms with Gasteiger partial charge in [-0.3, -0.25) is 0 Å². The molecule has 1 aromatic carbocycles. The molecule has 4 nitrogen and oxygen atoms in total. The Balaban J connectivity index is 2.74. The number of H-pyrrole nitrogens is 1. The third kappa shape index (κ3) is 2.08. The summed E-state index contributed by atoms with van der Waals surface area (Å²) in [6.45, 7) is 0. The predicted octanol–water partition coefficient (Wildman–Crippen LogP) is 1.98. The summed E-state index contributed by atoms with van der Waals surface area (Å²) >= 11 is 0. The van der Waals surface area contributed by atoms with Crippen molar-refractivity contribution in [3.8, 4) is 0 Å². The van der Waals surface area contributed by atoms with E-state index in [9.17, 15) is 18.0 Å². The van der Waals surface area contributed by atoms with E-state index in [-0.39, 0.29) is 11.3 Å². The lowest BCUT2D eigenvalue weighted by Gasteiger charge is -2.09. The summed E-state index contributed by atoms with van der Waals surface area (Å²) in [7, 11) is 1.54. The zero-order valence-corrected chi connectivity index (χ0v) is 8.72. The van der Waals surface area contributed by atoms with Crippen LogP contribution in [0, 0.1) is 0 Å². The second kappa shape index (κ2) is 3.76. The number of alkyl halides is 3. The average molecular weight is 243 g/mol. The molecule has 17 heavy (non-hydrogen) atoms. The Morgan fingerprint density at radius 2 is 2.06 bits per heavy atom. The number of anilines is 1. The van der Waals surface area contributed by atoms with Gasteiger partial charge in [0.25, 0.3) is 0 Å². The van der Waals surface area contributed by atoms with Crippen LogP contribution in [-0.2, 0) is 6.18 Å². The Labute approximate surface area is 93.5 Å². The molecular weight excluding hydrogens is 235 g/mol. The largest absolute Gasteiger partial charge is 0.416 e. The zero-order valence-electron chi connectivity index (χ0n) is 8.72. The number of nitrogens with one attached hydrogen (secondary N) is 2. The first-order chi connectivity index (χ1) is 7.91. The average Bonchev–Trinajstić information content (AvgIpc) is 2.25. The highest BCUT2D eigenvalue weighted by atomic mass is 19.4. The summed E-state index contributed by atoms with van der Waals surface area (Å²) in [5.41, 5.74) is -1.40. The van der Waals surface area contributed by atoms with Gasteiger partial charge in [-0.05, 0) is 18.2 Å². The monoisotopic (exact) mass is 243 g/mol. The van der Waals surface area contributed by atoms with Gasteiger partial charge < -0.3 is 10.3 Å². The van der Waals surface area contributed by atoms with E-state index in [1.807, 2.05) is 0 Å². The molecule has 0 aliphatic heterocycles. The van der Waals surface area contributed by atoms with Crippen molar-refractivity contribution in [3.63, 3.8) is 0 Å². The van der Waals surface area contributed by atoms with Gasteiger partial charge in [0.1, 0.15) is 5.82 Å². The number of aromatic amines is 1. The van der Waals surface area contributed by atoms with Gasteiger partial charge in [-0.25, -0.2) is 4.79 Å². The lowest BCUT2D eigenvalue weighted by molar-refractivity contribution is -0.137. The maximum atomic E-state index is 12.5. The maximum Gasteiger partial charge on any atom is 0.416 e. The highest BCUT2D eigenvalue weighted by Gasteiger charge is 2.30. The highest BCUT2D eigenvalue weighted by Crippen LogP contribution is 2.31. The molecule has 0 fully saturated rings.